The summed E-state index contributed by atoms with van der Waals surface area (Å²) in [6.45, 7) is 1.18. The molecule has 0 spiro atoms. The Balaban J connectivity index is 0.00000225. The quantitative estimate of drug-likeness (QED) is 0.596. The van der Waals surface area contributed by atoms with Crippen LogP contribution in [-0.4, -0.2) is 43.0 Å². The predicted molar refractivity (Wildman–Crippen MR) is 106 cm³/mol. The third-order valence-corrected chi connectivity index (χ3v) is 5.63. The number of halogens is 3. The van der Waals surface area contributed by atoms with Crippen LogP contribution in [0, 0.1) is 5.82 Å². The molecule has 0 N–H and O–H groups in total. The molecule has 0 aliphatic carbocycles. The Kier molecular flexibility index (Phi) is 6.76. The summed E-state index contributed by atoms with van der Waals surface area (Å²) in [5.41, 5.74) is 0.684. The number of benzene rings is 1. The number of carbonyl (C=O) groups is 1. The normalized spacial score (nSPS) is 10.9. The van der Waals surface area contributed by atoms with Crippen LogP contribution < -0.4 is 4.90 Å². The van der Waals surface area contributed by atoms with Gasteiger partial charge in [-0.2, -0.15) is 0 Å². The van der Waals surface area contributed by atoms with Gasteiger partial charge in [0.2, 0.25) is 0 Å². The number of carbonyl (C=O) groups excluding carboxylic acids is 1. The van der Waals surface area contributed by atoms with Gasteiger partial charge in [0, 0.05) is 13.1 Å². The molecule has 134 valence electrons. The first kappa shape index (κ1) is 20.1. The van der Waals surface area contributed by atoms with Gasteiger partial charge in [-0.3, -0.25) is 9.69 Å². The van der Waals surface area contributed by atoms with E-state index >= 15 is 0 Å². The van der Waals surface area contributed by atoms with Gasteiger partial charge < -0.3 is 4.90 Å². The monoisotopic (exact) mass is 419 g/mol. The van der Waals surface area contributed by atoms with Gasteiger partial charge in [-0.1, -0.05) is 22.9 Å². The zero-order valence-corrected chi connectivity index (χ0v) is 16.7. The van der Waals surface area contributed by atoms with Crippen LogP contribution in [0.25, 0.3) is 10.2 Å². The van der Waals surface area contributed by atoms with Crippen LogP contribution in [-0.2, 0) is 0 Å². The van der Waals surface area contributed by atoms with E-state index in [-0.39, 0.29) is 24.1 Å². The minimum atomic E-state index is -0.311. The third-order valence-electron chi connectivity index (χ3n) is 3.37. The number of nitrogens with zero attached hydrogens (tertiary/aromatic N) is 3. The van der Waals surface area contributed by atoms with E-state index in [1.807, 2.05) is 19.0 Å². The van der Waals surface area contributed by atoms with Crippen LogP contribution in [0.1, 0.15) is 9.67 Å². The number of rotatable bonds is 5. The molecule has 0 bridgehead atoms. The SMILES string of the molecule is CN(C)CCN(C(=O)c1ccc(Cl)s1)c1nc2ccc(F)cc2s1.Cl. The lowest BCUT2D eigenvalue weighted by atomic mass is 10.3. The van der Waals surface area contributed by atoms with Gasteiger partial charge >= 0.3 is 0 Å². The van der Waals surface area contributed by atoms with E-state index in [0.29, 0.717) is 33.0 Å². The number of thiazole rings is 1. The van der Waals surface area contributed by atoms with Crippen molar-refractivity contribution in [1.82, 2.24) is 9.88 Å². The first-order valence-corrected chi connectivity index (χ1v) is 9.23. The fourth-order valence-electron chi connectivity index (χ4n) is 2.15. The highest BCUT2D eigenvalue weighted by Crippen LogP contribution is 2.31. The van der Waals surface area contributed by atoms with Crippen molar-refractivity contribution < 1.29 is 9.18 Å². The van der Waals surface area contributed by atoms with Crippen molar-refractivity contribution in [3.05, 3.63) is 45.4 Å². The smallest absolute Gasteiger partial charge is 0.270 e. The molecule has 25 heavy (non-hydrogen) atoms. The summed E-state index contributed by atoms with van der Waals surface area (Å²) in [6.07, 6.45) is 0. The number of fused-ring (bicyclic) bond motifs is 1. The molecule has 0 unspecified atom stereocenters. The van der Waals surface area contributed by atoms with Crippen LogP contribution in [0.3, 0.4) is 0 Å². The van der Waals surface area contributed by atoms with E-state index < -0.39 is 0 Å². The second-order valence-electron chi connectivity index (χ2n) is 5.47. The van der Waals surface area contributed by atoms with Crippen LogP contribution in [0.5, 0.6) is 0 Å². The summed E-state index contributed by atoms with van der Waals surface area (Å²) in [6, 6.07) is 7.85. The van der Waals surface area contributed by atoms with E-state index in [1.165, 1.54) is 34.8 Å². The zero-order valence-electron chi connectivity index (χ0n) is 13.5. The summed E-state index contributed by atoms with van der Waals surface area (Å²) in [5, 5.41) is 0.562. The number of anilines is 1. The molecule has 0 radical (unpaired) electrons. The van der Waals surface area contributed by atoms with Gasteiger partial charge in [0.05, 0.1) is 19.4 Å². The number of hydrogen-bond acceptors (Lipinski definition) is 5. The number of hydrogen-bond donors (Lipinski definition) is 0. The zero-order chi connectivity index (χ0) is 17.3. The van der Waals surface area contributed by atoms with Crippen LogP contribution in [0.4, 0.5) is 9.52 Å². The standard InChI is InChI=1S/C16H15ClFN3OS2.ClH/c1-20(2)7-8-21(15(22)12-5-6-14(17)23-12)16-19-11-4-3-10(18)9-13(11)24-16;/h3-6,9H,7-8H2,1-2H3;1H. The lowest BCUT2D eigenvalue weighted by molar-refractivity contribution is 0.0989. The first-order chi connectivity index (χ1) is 11.4. The summed E-state index contributed by atoms with van der Waals surface area (Å²) in [4.78, 5) is 21.5. The molecule has 0 fully saturated rings. The van der Waals surface area contributed by atoms with E-state index in [4.69, 9.17) is 11.6 Å². The molecule has 3 rings (SSSR count). The Morgan fingerprint density at radius 3 is 2.60 bits per heavy atom. The molecule has 9 heteroatoms. The number of amides is 1. The highest BCUT2D eigenvalue weighted by Gasteiger charge is 2.22. The molecule has 2 heterocycles. The van der Waals surface area contributed by atoms with Gasteiger partial charge in [-0.05, 0) is 44.4 Å². The van der Waals surface area contributed by atoms with E-state index in [9.17, 15) is 9.18 Å². The fraction of sp³-hybridized carbons (Fsp3) is 0.250. The minimum Gasteiger partial charge on any atom is -0.308 e. The Bertz CT molecular complexity index is 881. The molecule has 0 atom stereocenters. The second kappa shape index (κ2) is 8.42. The van der Waals surface area contributed by atoms with Crippen molar-refractivity contribution in [1.29, 1.82) is 0 Å². The van der Waals surface area contributed by atoms with E-state index in [0.717, 1.165) is 4.70 Å². The molecular formula is C16H16Cl2FN3OS2. The van der Waals surface area contributed by atoms with Crippen LogP contribution in [0.15, 0.2) is 30.3 Å². The van der Waals surface area contributed by atoms with Crippen molar-refractivity contribution in [3.8, 4) is 0 Å². The maximum absolute atomic E-state index is 13.4. The Morgan fingerprint density at radius 1 is 1.20 bits per heavy atom. The predicted octanol–water partition coefficient (Wildman–Crippen LogP) is 4.78. The molecule has 0 aliphatic heterocycles. The number of thiophene rings is 1. The average molecular weight is 420 g/mol. The topological polar surface area (TPSA) is 36.4 Å². The highest BCUT2D eigenvalue weighted by molar-refractivity contribution is 7.22. The van der Waals surface area contributed by atoms with Crippen molar-refractivity contribution >= 4 is 67.9 Å². The van der Waals surface area contributed by atoms with Gasteiger partial charge in [-0.25, -0.2) is 9.37 Å². The summed E-state index contributed by atoms with van der Waals surface area (Å²) in [7, 11) is 3.89. The lowest BCUT2D eigenvalue weighted by Gasteiger charge is -2.21. The maximum Gasteiger partial charge on any atom is 0.270 e. The molecule has 4 nitrogen and oxygen atoms in total. The average Bonchev–Trinajstić information content (AvgIpc) is 3.12. The van der Waals surface area contributed by atoms with Crippen molar-refractivity contribution in [2.75, 3.05) is 32.1 Å². The molecule has 0 aliphatic rings. The summed E-state index contributed by atoms with van der Waals surface area (Å²) >= 11 is 8.50. The second-order valence-corrected chi connectivity index (χ2v) is 8.20. The van der Waals surface area contributed by atoms with Gasteiger partial charge in [0.1, 0.15) is 5.82 Å². The maximum atomic E-state index is 13.4. The molecule has 0 saturated carbocycles. The van der Waals surface area contributed by atoms with Gasteiger partial charge in [0.25, 0.3) is 5.91 Å². The summed E-state index contributed by atoms with van der Waals surface area (Å²) in [5.74, 6) is -0.456. The molecule has 3 aromatic rings. The van der Waals surface area contributed by atoms with Crippen LogP contribution in [0.2, 0.25) is 4.34 Å². The molecule has 2 aromatic heterocycles. The summed E-state index contributed by atoms with van der Waals surface area (Å²) < 4.78 is 14.7. The largest absolute Gasteiger partial charge is 0.308 e. The highest BCUT2D eigenvalue weighted by atomic mass is 35.5. The lowest BCUT2D eigenvalue weighted by Crippen LogP contribution is -2.36. The molecule has 1 aromatic carbocycles. The third kappa shape index (κ3) is 4.68. The van der Waals surface area contributed by atoms with Crippen molar-refractivity contribution in [2.45, 2.75) is 0 Å². The van der Waals surface area contributed by atoms with Gasteiger partial charge in [-0.15, -0.1) is 23.7 Å². The Hall–Kier alpha value is -1.25. The van der Waals surface area contributed by atoms with E-state index in [1.54, 1.807) is 23.1 Å². The van der Waals surface area contributed by atoms with E-state index in [2.05, 4.69) is 4.98 Å². The van der Waals surface area contributed by atoms with Gasteiger partial charge in [0.15, 0.2) is 5.13 Å². The van der Waals surface area contributed by atoms with Crippen molar-refractivity contribution in [3.63, 3.8) is 0 Å². The first-order valence-electron chi connectivity index (χ1n) is 7.22. The number of likely N-dealkylation sites (N-methyl/N-ethyl adjacent to an activating group) is 1. The van der Waals surface area contributed by atoms with Crippen molar-refractivity contribution in [2.24, 2.45) is 0 Å². The minimum absolute atomic E-state index is 0. The Labute approximate surface area is 164 Å². The fourth-order valence-corrected chi connectivity index (χ4v) is 4.15. The molecular weight excluding hydrogens is 404 g/mol. The van der Waals surface area contributed by atoms with Crippen LogP contribution >= 0.6 is 46.7 Å². The molecule has 1 amide bonds. The molecule has 0 saturated heterocycles. The Morgan fingerprint density at radius 2 is 1.96 bits per heavy atom. The number of aromatic nitrogens is 1.